The fraction of sp³-hybridized carbons (Fsp3) is 0.889. The Morgan fingerprint density at radius 3 is 2.58 bits per heavy atom. The topological polar surface area (TPSA) is 38.3 Å². The van der Waals surface area contributed by atoms with Crippen LogP contribution in [0.25, 0.3) is 0 Å². The van der Waals surface area contributed by atoms with Gasteiger partial charge in [-0.15, -0.1) is 0 Å². The summed E-state index contributed by atoms with van der Waals surface area (Å²) in [5, 5.41) is 2.89. The van der Waals surface area contributed by atoms with Crippen molar-refractivity contribution in [3.8, 4) is 0 Å². The van der Waals surface area contributed by atoms with Gasteiger partial charge in [0.25, 0.3) is 0 Å². The highest BCUT2D eigenvalue weighted by molar-refractivity contribution is 5.80. The van der Waals surface area contributed by atoms with Crippen LogP contribution in [0, 0.1) is 11.8 Å². The Labute approximate surface area is 72.5 Å². The summed E-state index contributed by atoms with van der Waals surface area (Å²) in [5.41, 5.74) is 0. The molecule has 2 aliphatic heterocycles. The van der Waals surface area contributed by atoms with Crippen molar-refractivity contribution in [2.24, 2.45) is 11.8 Å². The monoisotopic (exact) mass is 169 g/mol. The Bertz CT molecular complexity index is 175. The van der Waals surface area contributed by atoms with Crippen LogP contribution >= 0.6 is 0 Å². The van der Waals surface area contributed by atoms with Gasteiger partial charge in [0, 0.05) is 25.7 Å². The van der Waals surface area contributed by atoms with E-state index >= 15 is 0 Å². The van der Waals surface area contributed by atoms with Crippen LogP contribution in [0.3, 0.4) is 0 Å². The SMILES string of the molecule is O=C1NCC[C@H]1C1CCOCC1. The molecule has 2 fully saturated rings. The van der Waals surface area contributed by atoms with Gasteiger partial charge in [-0.1, -0.05) is 0 Å². The van der Waals surface area contributed by atoms with E-state index in [1.165, 1.54) is 0 Å². The molecule has 1 atom stereocenters. The van der Waals surface area contributed by atoms with Crippen LogP contribution < -0.4 is 5.32 Å². The molecule has 2 heterocycles. The molecule has 0 aromatic carbocycles. The van der Waals surface area contributed by atoms with Gasteiger partial charge in [-0.2, -0.15) is 0 Å². The van der Waals surface area contributed by atoms with E-state index in [1.807, 2.05) is 0 Å². The molecule has 0 bridgehead atoms. The minimum absolute atomic E-state index is 0.266. The summed E-state index contributed by atoms with van der Waals surface area (Å²) < 4.78 is 5.26. The molecular formula is C9H15NO2. The normalized spacial score (nSPS) is 32.0. The summed E-state index contributed by atoms with van der Waals surface area (Å²) in [6.07, 6.45) is 3.17. The Morgan fingerprint density at radius 1 is 1.25 bits per heavy atom. The van der Waals surface area contributed by atoms with Gasteiger partial charge in [0.2, 0.25) is 5.91 Å². The first-order valence-electron chi connectivity index (χ1n) is 4.73. The molecule has 0 aromatic heterocycles. The lowest BCUT2D eigenvalue weighted by molar-refractivity contribution is -0.124. The summed E-state index contributed by atoms with van der Waals surface area (Å²) in [6.45, 7) is 2.56. The van der Waals surface area contributed by atoms with Crippen LogP contribution in [0.2, 0.25) is 0 Å². The average Bonchev–Trinajstić information content (AvgIpc) is 2.53. The Kier molecular flexibility index (Phi) is 2.30. The largest absolute Gasteiger partial charge is 0.381 e. The fourth-order valence-electron chi connectivity index (χ4n) is 2.18. The van der Waals surface area contributed by atoms with E-state index in [2.05, 4.69) is 5.32 Å². The number of hydrogen-bond donors (Lipinski definition) is 1. The predicted octanol–water partition coefficient (Wildman–Crippen LogP) is 0.549. The van der Waals surface area contributed by atoms with Crippen molar-refractivity contribution in [3.63, 3.8) is 0 Å². The third kappa shape index (κ3) is 1.46. The maximum atomic E-state index is 11.3. The van der Waals surface area contributed by atoms with Gasteiger partial charge in [-0.3, -0.25) is 4.79 Å². The second kappa shape index (κ2) is 3.44. The minimum Gasteiger partial charge on any atom is -0.381 e. The maximum absolute atomic E-state index is 11.3. The smallest absolute Gasteiger partial charge is 0.223 e. The molecule has 2 saturated heterocycles. The van der Waals surface area contributed by atoms with E-state index in [4.69, 9.17) is 4.74 Å². The Balaban J connectivity index is 1.93. The standard InChI is InChI=1S/C9H15NO2/c11-9-8(1-4-10-9)7-2-5-12-6-3-7/h7-8H,1-6H2,(H,10,11)/t8-/m0/s1. The van der Waals surface area contributed by atoms with Gasteiger partial charge in [-0.25, -0.2) is 0 Å². The van der Waals surface area contributed by atoms with E-state index in [9.17, 15) is 4.79 Å². The Hall–Kier alpha value is -0.570. The fourth-order valence-corrected chi connectivity index (χ4v) is 2.18. The van der Waals surface area contributed by atoms with E-state index in [0.29, 0.717) is 5.92 Å². The molecule has 0 radical (unpaired) electrons. The lowest BCUT2D eigenvalue weighted by Crippen LogP contribution is -2.29. The van der Waals surface area contributed by atoms with Crippen LogP contribution in [-0.4, -0.2) is 25.7 Å². The van der Waals surface area contributed by atoms with Crippen molar-refractivity contribution in [3.05, 3.63) is 0 Å². The molecule has 12 heavy (non-hydrogen) atoms. The lowest BCUT2D eigenvalue weighted by Gasteiger charge is -2.25. The molecule has 1 N–H and O–H groups in total. The molecule has 68 valence electrons. The Morgan fingerprint density at radius 2 is 2.00 bits per heavy atom. The van der Waals surface area contributed by atoms with Crippen molar-refractivity contribution in [2.75, 3.05) is 19.8 Å². The van der Waals surface area contributed by atoms with Crippen molar-refractivity contribution in [2.45, 2.75) is 19.3 Å². The quantitative estimate of drug-likeness (QED) is 0.622. The first-order chi connectivity index (χ1) is 5.88. The maximum Gasteiger partial charge on any atom is 0.223 e. The molecule has 0 saturated carbocycles. The first kappa shape index (κ1) is 8.05. The van der Waals surface area contributed by atoms with E-state index in [0.717, 1.165) is 39.0 Å². The first-order valence-corrected chi connectivity index (χ1v) is 4.73. The summed E-state index contributed by atoms with van der Waals surface area (Å²) in [6, 6.07) is 0. The summed E-state index contributed by atoms with van der Waals surface area (Å²) >= 11 is 0. The average molecular weight is 169 g/mol. The lowest BCUT2D eigenvalue weighted by atomic mass is 9.85. The third-order valence-electron chi connectivity index (χ3n) is 2.93. The second-order valence-electron chi connectivity index (χ2n) is 3.64. The van der Waals surface area contributed by atoms with Gasteiger partial charge in [0.1, 0.15) is 0 Å². The van der Waals surface area contributed by atoms with Gasteiger partial charge >= 0.3 is 0 Å². The molecule has 1 amide bonds. The molecule has 0 spiro atoms. The van der Waals surface area contributed by atoms with Gasteiger partial charge < -0.3 is 10.1 Å². The van der Waals surface area contributed by atoms with Crippen LogP contribution in [0.5, 0.6) is 0 Å². The molecule has 3 nitrogen and oxygen atoms in total. The summed E-state index contributed by atoms with van der Waals surface area (Å²) in [7, 11) is 0. The number of nitrogens with one attached hydrogen (secondary N) is 1. The van der Waals surface area contributed by atoms with E-state index in [-0.39, 0.29) is 11.8 Å². The van der Waals surface area contributed by atoms with E-state index < -0.39 is 0 Å². The van der Waals surface area contributed by atoms with Crippen molar-refractivity contribution >= 4 is 5.91 Å². The molecule has 0 unspecified atom stereocenters. The molecular weight excluding hydrogens is 154 g/mol. The molecule has 2 aliphatic rings. The summed E-state index contributed by atoms with van der Waals surface area (Å²) in [5.74, 6) is 1.14. The number of rotatable bonds is 1. The van der Waals surface area contributed by atoms with Crippen molar-refractivity contribution < 1.29 is 9.53 Å². The summed E-state index contributed by atoms with van der Waals surface area (Å²) in [4.78, 5) is 11.3. The highest BCUT2D eigenvalue weighted by Crippen LogP contribution is 2.28. The van der Waals surface area contributed by atoms with Gasteiger partial charge in [0.15, 0.2) is 0 Å². The minimum atomic E-state index is 0.266. The zero-order valence-corrected chi connectivity index (χ0v) is 7.21. The zero-order chi connectivity index (χ0) is 8.39. The number of carbonyl (C=O) groups excluding carboxylic acids is 1. The van der Waals surface area contributed by atoms with E-state index in [1.54, 1.807) is 0 Å². The molecule has 2 rings (SSSR count). The van der Waals surface area contributed by atoms with Crippen LogP contribution in [0.4, 0.5) is 0 Å². The second-order valence-corrected chi connectivity index (χ2v) is 3.64. The number of carbonyl (C=O) groups is 1. The number of ether oxygens (including phenoxy) is 1. The number of hydrogen-bond acceptors (Lipinski definition) is 2. The molecule has 0 aliphatic carbocycles. The van der Waals surface area contributed by atoms with Gasteiger partial charge in [-0.05, 0) is 25.2 Å². The molecule has 0 aromatic rings. The number of amides is 1. The van der Waals surface area contributed by atoms with Gasteiger partial charge in [0.05, 0.1) is 0 Å². The zero-order valence-electron chi connectivity index (χ0n) is 7.21. The third-order valence-corrected chi connectivity index (χ3v) is 2.93. The van der Waals surface area contributed by atoms with Crippen LogP contribution in [-0.2, 0) is 9.53 Å². The highest BCUT2D eigenvalue weighted by atomic mass is 16.5. The van der Waals surface area contributed by atoms with Crippen LogP contribution in [0.1, 0.15) is 19.3 Å². The highest BCUT2D eigenvalue weighted by Gasteiger charge is 2.32. The predicted molar refractivity (Wildman–Crippen MR) is 44.7 cm³/mol. The molecule has 3 heteroatoms. The van der Waals surface area contributed by atoms with Crippen molar-refractivity contribution in [1.82, 2.24) is 5.32 Å². The van der Waals surface area contributed by atoms with Crippen molar-refractivity contribution in [1.29, 1.82) is 0 Å². The van der Waals surface area contributed by atoms with Crippen LogP contribution in [0.15, 0.2) is 0 Å².